The zero-order chi connectivity index (χ0) is 15.4. The lowest BCUT2D eigenvalue weighted by Gasteiger charge is -2.03. The van der Waals surface area contributed by atoms with E-state index >= 15 is 0 Å². The van der Waals surface area contributed by atoms with E-state index in [4.69, 9.17) is 4.74 Å². The van der Waals surface area contributed by atoms with Crippen molar-refractivity contribution in [2.45, 2.75) is 39.7 Å². The van der Waals surface area contributed by atoms with Gasteiger partial charge in [0.15, 0.2) is 5.82 Å². The van der Waals surface area contributed by atoms with Crippen molar-refractivity contribution in [1.82, 2.24) is 14.8 Å². The Morgan fingerprint density at radius 2 is 2.19 bits per heavy atom. The van der Waals surface area contributed by atoms with E-state index in [1.807, 2.05) is 20.8 Å². The van der Waals surface area contributed by atoms with Crippen molar-refractivity contribution < 1.29 is 13.9 Å². The first-order valence-corrected chi connectivity index (χ1v) is 6.94. The number of nitrogens with zero attached hydrogens (tertiary/aromatic N) is 3. The molecule has 0 atom stereocenters. The molecule has 0 amide bonds. The highest BCUT2D eigenvalue weighted by atomic mass is 19.1. The summed E-state index contributed by atoms with van der Waals surface area (Å²) in [6, 6.07) is 6.02. The second-order valence-electron chi connectivity index (χ2n) is 4.95. The van der Waals surface area contributed by atoms with Crippen molar-refractivity contribution in [2.75, 3.05) is 0 Å². The largest absolute Gasteiger partial charge is 0.460 e. The minimum absolute atomic E-state index is 0.109. The molecule has 0 bridgehead atoms. The van der Waals surface area contributed by atoms with Crippen molar-refractivity contribution in [1.29, 1.82) is 0 Å². The van der Waals surface area contributed by atoms with E-state index < -0.39 is 5.82 Å². The average molecular weight is 291 g/mol. The molecule has 21 heavy (non-hydrogen) atoms. The molecule has 0 saturated carbocycles. The molecule has 5 nitrogen and oxygen atoms in total. The summed E-state index contributed by atoms with van der Waals surface area (Å²) in [5.41, 5.74) is 0.491. The Labute approximate surface area is 122 Å². The predicted octanol–water partition coefficient (Wildman–Crippen LogP) is 3.31. The molecular formula is C15H18FN3O2. The zero-order valence-corrected chi connectivity index (χ0v) is 12.3. The van der Waals surface area contributed by atoms with E-state index in [1.54, 1.807) is 12.1 Å². The van der Waals surface area contributed by atoms with Crippen molar-refractivity contribution in [3.8, 4) is 17.4 Å². The number of benzene rings is 1. The lowest BCUT2D eigenvalue weighted by molar-refractivity contribution is 0.0884. The zero-order valence-electron chi connectivity index (χ0n) is 12.3. The fraction of sp³-hybridized carbons (Fsp3) is 0.400. The maximum absolute atomic E-state index is 13.4. The van der Waals surface area contributed by atoms with E-state index in [0.29, 0.717) is 24.2 Å². The first kappa shape index (κ1) is 15.2. The number of ether oxygens (including phenoxy) is 1. The number of hydrogen-bond acceptors (Lipinski definition) is 4. The molecule has 0 aliphatic heterocycles. The summed E-state index contributed by atoms with van der Waals surface area (Å²) in [5, 5.41) is 4.09. The highest BCUT2D eigenvalue weighted by Gasteiger charge is 2.18. The van der Waals surface area contributed by atoms with Gasteiger partial charge in [0.25, 0.3) is 0 Å². The van der Waals surface area contributed by atoms with Crippen LogP contribution in [0.3, 0.4) is 0 Å². The summed E-state index contributed by atoms with van der Waals surface area (Å²) in [7, 11) is 0. The van der Waals surface area contributed by atoms with Crippen molar-refractivity contribution in [2.24, 2.45) is 0 Å². The molecule has 0 saturated heterocycles. The van der Waals surface area contributed by atoms with Crippen LogP contribution in [0.15, 0.2) is 24.3 Å². The first-order chi connectivity index (χ1) is 10.0. The Morgan fingerprint density at radius 3 is 2.81 bits per heavy atom. The van der Waals surface area contributed by atoms with Gasteiger partial charge in [-0.3, -0.25) is 4.79 Å². The summed E-state index contributed by atoms with van der Waals surface area (Å²) in [5.74, 6) is -0.289. The van der Waals surface area contributed by atoms with Gasteiger partial charge in [0, 0.05) is 12.0 Å². The molecule has 1 aromatic heterocycles. The predicted molar refractivity (Wildman–Crippen MR) is 76.7 cm³/mol. The summed E-state index contributed by atoms with van der Waals surface area (Å²) >= 11 is 0. The van der Waals surface area contributed by atoms with Crippen LogP contribution in [0.5, 0.6) is 6.01 Å². The summed E-state index contributed by atoms with van der Waals surface area (Å²) in [6.07, 6.45) is 0.927. The molecule has 0 N–H and O–H groups in total. The Balaban J connectivity index is 2.46. The second kappa shape index (κ2) is 6.47. The molecule has 0 radical (unpaired) electrons. The molecular weight excluding hydrogens is 273 g/mol. The lowest BCUT2D eigenvalue weighted by atomic mass is 10.2. The van der Waals surface area contributed by atoms with Gasteiger partial charge in [0.05, 0.1) is 6.10 Å². The van der Waals surface area contributed by atoms with Crippen LogP contribution in [0.4, 0.5) is 4.39 Å². The van der Waals surface area contributed by atoms with Gasteiger partial charge in [-0.2, -0.15) is 9.67 Å². The third-order valence-electron chi connectivity index (χ3n) is 2.71. The Hall–Kier alpha value is -2.24. The molecule has 0 fully saturated rings. The topological polar surface area (TPSA) is 57.0 Å². The Kier molecular flexibility index (Phi) is 4.67. The number of hydrogen-bond donors (Lipinski definition) is 0. The van der Waals surface area contributed by atoms with Crippen molar-refractivity contribution >= 4 is 5.91 Å². The molecule has 0 aliphatic carbocycles. The van der Waals surface area contributed by atoms with Gasteiger partial charge in [-0.1, -0.05) is 19.1 Å². The average Bonchev–Trinajstić information content (AvgIpc) is 2.82. The van der Waals surface area contributed by atoms with Gasteiger partial charge in [-0.05, 0) is 32.4 Å². The molecule has 2 aromatic rings. The number of halogens is 1. The van der Waals surface area contributed by atoms with Gasteiger partial charge in [-0.25, -0.2) is 4.39 Å². The quantitative estimate of drug-likeness (QED) is 0.848. The van der Waals surface area contributed by atoms with E-state index in [-0.39, 0.29) is 18.0 Å². The molecule has 6 heteroatoms. The number of carbonyl (C=O) groups excluding carboxylic acids is 1. The van der Waals surface area contributed by atoms with Crippen LogP contribution >= 0.6 is 0 Å². The smallest absolute Gasteiger partial charge is 0.336 e. The van der Waals surface area contributed by atoms with Gasteiger partial charge >= 0.3 is 6.01 Å². The van der Waals surface area contributed by atoms with Crippen molar-refractivity contribution in [3.05, 3.63) is 30.1 Å². The van der Waals surface area contributed by atoms with Crippen LogP contribution in [0, 0.1) is 5.82 Å². The van der Waals surface area contributed by atoms with E-state index in [9.17, 15) is 9.18 Å². The molecule has 1 heterocycles. The fourth-order valence-corrected chi connectivity index (χ4v) is 1.86. The van der Waals surface area contributed by atoms with E-state index in [2.05, 4.69) is 10.1 Å². The van der Waals surface area contributed by atoms with Crippen LogP contribution in [-0.2, 0) is 0 Å². The SMILES string of the molecule is CCCC(=O)n1nc(OC(C)C)nc1-c1cccc(F)c1. The van der Waals surface area contributed by atoms with Crippen LogP contribution in [0.25, 0.3) is 11.4 Å². The Morgan fingerprint density at radius 1 is 1.43 bits per heavy atom. The highest BCUT2D eigenvalue weighted by Crippen LogP contribution is 2.21. The molecule has 0 spiro atoms. The second-order valence-corrected chi connectivity index (χ2v) is 4.95. The van der Waals surface area contributed by atoms with Crippen LogP contribution in [0.1, 0.15) is 38.4 Å². The lowest BCUT2D eigenvalue weighted by Crippen LogP contribution is -2.14. The molecule has 0 aliphatic rings. The minimum atomic E-state index is -0.392. The van der Waals surface area contributed by atoms with Gasteiger partial charge in [0.2, 0.25) is 5.91 Å². The van der Waals surface area contributed by atoms with Gasteiger partial charge in [0.1, 0.15) is 5.82 Å². The van der Waals surface area contributed by atoms with Crippen LogP contribution in [-0.4, -0.2) is 26.8 Å². The maximum atomic E-state index is 13.4. The van der Waals surface area contributed by atoms with Gasteiger partial charge in [-0.15, -0.1) is 5.10 Å². The van der Waals surface area contributed by atoms with E-state index in [1.165, 1.54) is 16.8 Å². The fourth-order valence-electron chi connectivity index (χ4n) is 1.86. The maximum Gasteiger partial charge on any atom is 0.336 e. The number of aromatic nitrogens is 3. The first-order valence-electron chi connectivity index (χ1n) is 6.94. The van der Waals surface area contributed by atoms with Crippen LogP contribution in [0.2, 0.25) is 0 Å². The third kappa shape index (κ3) is 3.65. The summed E-state index contributed by atoms with van der Waals surface area (Å²) in [6.45, 7) is 5.59. The minimum Gasteiger partial charge on any atom is -0.460 e. The molecule has 112 valence electrons. The molecule has 1 aromatic carbocycles. The number of carbonyl (C=O) groups is 1. The van der Waals surface area contributed by atoms with Crippen LogP contribution < -0.4 is 4.74 Å². The monoisotopic (exact) mass is 291 g/mol. The standard InChI is InChI=1S/C15H18FN3O2/c1-4-6-13(20)19-14(11-7-5-8-12(16)9-11)17-15(18-19)21-10(2)3/h5,7-10H,4,6H2,1-3H3. The molecule has 2 rings (SSSR count). The third-order valence-corrected chi connectivity index (χ3v) is 2.71. The highest BCUT2D eigenvalue weighted by molar-refractivity contribution is 5.82. The summed E-state index contributed by atoms with van der Waals surface area (Å²) in [4.78, 5) is 16.3. The summed E-state index contributed by atoms with van der Waals surface area (Å²) < 4.78 is 20.0. The van der Waals surface area contributed by atoms with Gasteiger partial charge < -0.3 is 4.74 Å². The Bertz CT molecular complexity index is 638. The number of rotatable bonds is 5. The molecule has 0 unspecified atom stereocenters. The van der Waals surface area contributed by atoms with Crippen molar-refractivity contribution in [3.63, 3.8) is 0 Å². The van der Waals surface area contributed by atoms with E-state index in [0.717, 1.165) is 0 Å². The normalized spacial score (nSPS) is 10.9.